The number of hydrogen-bond donors (Lipinski definition) is 0. The molecule has 0 unspecified atom stereocenters. The van der Waals surface area contributed by atoms with Gasteiger partial charge in [0.1, 0.15) is 0 Å². The smallest absolute Gasteiger partial charge is 0.0154 e. The molecule has 0 nitrogen and oxygen atoms in total. The largest absolute Gasteiger partial charge is 0.103 e. The molecule has 0 heteroatoms. The molecule has 0 radical (unpaired) electrons. The third-order valence-corrected chi connectivity index (χ3v) is 3.02. The van der Waals surface area contributed by atoms with Crippen molar-refractivity contribution >= 4 is 0 Å². The maximum Gasteiger partial charge on any atom is 0.0154 e. The van der Waals surface area contributed by atoms with Crippen molar-refractivity contribution in [3.8, 4) is 0 Å². The van der Waals surface area contributed by atoms with E-state index in [0.717, 1.165) is 5.57 Å². The first kappa shape index (κ1) is 19.8. The average molecular weight is 258 g/mol. The van der Waals surface area contributed by atoms with Crippen LogP contribution in [-0.4, -0.2) is 0 Å². The molecule has 0 atom stereocenters. The maximum absolute atomic E-state index is 4.11. The van der Waals surface area contributed by atoms with Gasteiger partial charge in [0.05, 0.1) is 0 Å². The monoisotopic (exact) mass is 258 g/mol. The van der Waals surface area contributed by atoms with E-state index in [9.17, 15) is 0 Å². The average Bonchev–Trinajstić information content (AvgIpc) is 2.53. The quantitative estimate of drug-likeness (QED) is 0.502. The Morgan fingerprint density at radius 1 is 1.05 bits per heavy atom. The summed E-state index contributed by atoms with van der Waals surface area (Å²) in [5.41, 5.74) is 4.91. The molecule has 0 saturated heterocycles. The lowest BCUT2D eigenvalue weighted by Crippen LogP contribution is -2.11. The van der Waals surface area contributed by atoms with Crippen LogP contribution < -0.4 is 0 Å². The molecule has 0 N–H and O–H groups in total. The topological polar surface area (TPSA) is 0 Å². The first-order valence-corrected chi connectivity index (χ1v) is 6.82. The van der Waals surface area contributed by atoms with Gasteiger partial charge in [0.25, 0.3) is 0 Å². The molecule has 0 aromatic carbocycles. The second-order valence-electron chi connectivity index (χ2n) is 4.57. The lowest BCUT2D eigenvalue weighted by molar-refractivity contribution is 0.579. The van der Waals surface area contributed by atoms with E-state index in [2.05, 4.69) is 47.1 Å². The Labute approximate surface area is 120 Å². The first-order chi connectivity index (χ1) is 8.88. The normalized spacial score (nSPS) is 18.0. The standard InChI is InChI=1S/C14H18.C3H6.C2H6/c1-7-9-13-11(4)10(3)12(8-2)14(13,5)6;1-3-2;1-2/h7-9H,1-2,4H2,3,5-6H3;3H,1H2,2H3;1-2H3/b13-9+;;. The van der Waals surface area contributed by atoms with Gasteiger partial charge in [0.2, 0.25) is 0 Å². The van der Waals surface area contributed by atoms with Crippen LogP contribution in [0.3, 0.4) is 0 Å². The highest BCUT2D eigenvalue weighted by atomic mass is 14.4. The highest BCUT2D eigenvalue weighted by molar-refractivity contribution is 5.62. The van der Waals surface area contributed by atoms with Crippen LogP contribution in [0.1, 0.15) is 41.5 Å². The molecule has 19 heavy (non-hydrogen) atoms. The van der Waals surface area contributed by atoms with Crippen LogP contribution in [0.25, 0.3) is 0 Å². The Morgan fingerprint density at radius 3 is 1.74 bits per heavy atom. The van der Waals surface area contributed by atoms with Gasteiger partial charge in [-0.2, -0.15) is 0 Å². The number of allylic oxidation sites excluding steroid dienone is 8. The van der Waals surface area contributed by atoms with Crippen LogP contribution in [0.4, 0.5) is 0 Å². The van der Waals surface area contributed by atoms with Crippen molar-refractivity contribution < 1.29 is 0 Å². The fourth-order valence-electron chi connectivity index (χ4n) is 2.19. The molecular formula is C19H30. The van der Waals surface area contributed by atoms with Crippen molar-refractivity contribution in [2.75, 3.05) is 0 Å². The zero-order valence-corrected chi connectivity index (χ0v) is 13.6. The Balaban J connectivity index is 0. The van der Waals surface area contributed by atoms with Crippen LogP contribution in [0, 0.1) is 5.41 Å². The summed E-state index contributed by atoms with van der Waals surface area (Å²) >= 11 is 0. The predicted octanol–water partition coefficient (Wildman–Crippen LogP) is 6.42. The van der Waals surface area contributed by atoms with Crippen molar-refractivity contribution in [1.29, 1.82) is 0 Å². The predicted molar refractivity (Wildman–Crippen MR) is 91.3 cm³/mol. The number of rotatable bonds is 2. The van der Waals surface area contributed by atoms with Gasteiger partial charge >= 0.3 is 0 Å². The SMILES string of the molecule is C=C/C=C1\C(=C)C(C)=C(C=C)C1(C)C.C=CC.CC. The molecule has 0 bridgehead atoms. The van der Waals surface area contributed by atoms with E-state index < -0.39 is 0 Å². The molecule has 0 amide bonds. The fourth-order valence-corrected chi connectivity index (χ4v) is 2.19. The molecule has 1 aliphatic carbocycles. The summed E-state index contributed by atoms with van der Waals surface area (Å²) in [6, 6.07) is 0. The van der Waals surface area contributed by atoms with Gasteiger partial charge in [-0.1, -0.05) is 71.7 Å². The molecule has 106 valence electrons. The summed E-state index contributed by atoms with van der Waals surface area (Å²) in [6.45, 7) is 27.5. The van der Waals surface area contributed by atoms with Gasteiger partial charge in [-0.05, 0) is 36.1 Å². The van der Waals surface area contributed by atoms with Crippen LogP contribution in [0.2, 0.25) is 0 Å². The minimum Gasteiger partial charge on any atom is -0.103 e. The van der Waals surface area contributed by atoms with Crippen LogP contribution in [-0.2, 0) is 0 Å². The van der Waals surface area contributed by atoms with Gasteiger partial charge < -0.3 is 0 Å². The zero-order chi connectivity index (χ0) is 15.6. The van der Waals surface area contributed by atoms with Crippen molar-refractivity contribution in [2.45, 2.75) is 41.5 Å². The van der Waals surface area contributed by atoms with Gasteiger partial charge in [-0.3, -0.25) is 0 Å². The lowest BCUT2D eigenvalue weighted by Gasteiger charge is -2.23. The Bertz CT molecular complexity index is 398. The van der Waals surface area contributed by atoms with Crippen LogP contribution >= 0.6 is 0 Å². The van der Waals surface area contributed by atoms with Crippen molar-refractivity contribution in [3.05, 3.63) is 72.9 Å². The van der Waals surface area contributed by atoms with Gasteiger partial charge in [0, 0.05) is 5.41 Å². The molecular weight excluding hydrogens is 228 g/mol. The highest BCUT2D eigenvalue weighted by Gasteiger charge is 2.35. The van der Waals surface area contributed by atoms with E-state index in [1.807, 2.05) is 39.0 Å². The van der Waals surface area contributed by atoms with Gasteiger partial charge in [-0.15, -0.1) is 6.58 Å². The minimum atomic E-state index is 0.0249. The van der Waals surface area contributed by atoms with E-state index >= 15 is 0 Å². The third-order valence-electron chi connectivity index (χ3n) is 3.02. The molecule has 1 aliphatic rings. The van der Waals surface area contributed by atoms with Crippen molar-refractivity contribution in [3.63, 3.8) is 0 Å². The van der Waals surface area contributed by atoms with Crippen molar-refractivity contribution in [2.24, 2.45) is 5.41 Å². The lowest BCUT2D eigenvalue weighted by atomic mass is 9.81. The second-order valence-corrected chi connectivity index (χ2v) is 4.57. The van der Waals surface area contributed by atoms with Gasteiger partial charge in [0.15, 0.2) is 0 Å². The third kappa shape index (κ3) is 4.55. The zero-order valence-electron chi connectivity index (χ0n) is 13.6. The molecule has 0 saturated carbocycles. The molecule has 1 rings (SSSR count). The van der Waals surface area contributed by atoms with E-state index in [1.165, 1.54) is 16.7 Å². The summed E-state index contributed by atoms with van der Waals surface area (Å²) in [6.07, 6.45) is 7.55. The summed E-state index contributed by atoms with van der Waals surface area (Å²) in [5, 5.41) is 0. The molecule has 0 aromatic rings. The van der Waals surface area contributed by atoms with E-state index in [-0.39, 0.29) is 5.41 Å². The van der Waals surface area contributed by atoms with Gasteiger partial charge in [-0.25, -0.2) is 0 Å². The summed E-state index contributed by atoms with van der Waals surface area (Å²) in [5.74, 6) is 0. The van der Waals surface area contributed by atoms with E-state index in [1.54, 1.807) is 6.08 Å². The Morgan fingerprint density at radius 2 is 1.47 bits per heavy atom. The summed E-state index contributed by atoms with van der Waals surface area (Å²) in [7, 11) is 0. The maximum atomic E-state index is 4.11. The molecule has 0 spiro atoms. The summed E-state index contributed by atoms with van der Waals surface area (Å²) < 4.78 is 0. The Kier molecular flexibility index (Phi) is 9.76. The highest BCUT2D eigenvalue weighted by Crippen LogP contribution is 2.49. The molecule has 0 heterocycles. The molecule has 0 aromatic heterocycles. The van der Waals surface area contributed by atoms with E-state index in [4.69, 9.17) is 0 Å². The van der Waals surface area contributed by atoms with Crippen molar-refractivity contribution in [1.82, 2.24) is 0 Å². The second kappa shape index (κ2) is 9.38. The fraction of sp³-hybridized carbons (Fsp3) is 0.368. The van der Waals surface area contributed by atoms with E-state index in [0.29, 0.717) is 0 Å². The number of hydrogen-bond acceptors (Lipinski definition) is 0. The molecule has 0 fully saturated rings. The van der Waals surface area contributed by atoms with Crippen LogP contribution in [0.15, 0.2) is 72.9 Å². The first-order valence-electron chi connectivity index (χ1n) is 6.82. The Hall–Kier alpha value is -1.56. The molecule has 0 aliphatic heterocycles. The van der Waals surface area contributed by atoms with Crippen LogP contribution in [0.5, 0.6) is 0 Å². The minimum absolute atomic E-state index is 0.0249. The summed E-state index contributed by atoms with van der Waals surface area (Å²) in [4.78, 5) is 0.